The van der Waals surface area contributed by atoms with Gasteiger partial charge in [0.25, 0.3) is 0 Å². The highest BCUT2D eigenvalue weighted by Crippen LogP contribution is 2.31. The van der Waals surface area contributed by atoms with Crippen molar-refractivity contribution in [3.8, 4) is 17.2 Å². The molecule has 0 heterocycles. The van der Waals surface area contributed by atoms with Crippen molar-refractivity contribution in [3.63, 3.8) is 0 Å². The highest BCUT2D eigenvalue weighted by molar-refractivity contribution is 5.91. The predicted molar refractivity (Wildman–Crippen MR) is 189 cm³/mol. The number of carbonyl (C=O) groups excluding carboxylic acids is 1. The van der Waals surface area contributed by atoms with Gasteiger partial charge in [-0.15, -0.1) is 0 Å². The van der Waals surface area contributed by atoms with Crippen LogP contribution in [-0.2, 0) is 30.0 Å². The highest BCUT2D eigenvalue weighted by atomic mass is 16.5. The lowest BCUT2D eigenvalue weighted by Crippen LogP contribution is -2.28. The first kappa shape index (κ1) is 34.4. The van der Waals surface area contributed by atoms with Crippen LogP contribution in [0.25, 0.3) is 6.08 Å². The molecule has 0 spiro atoms. The number of nitrogens with zero attached hydrogens (tertiary/aromatic N) is 1. The van der Waals surface area contributed by atoms with Gasteiger partial charge >= 0.3 is 0 Å². The summed E-state index contributed by atoms with van der Waals surface area (Å²) in [5.74, 6) is 2.19. The van der Waals surface area contributed by atoms with Crippen LogP contribution in [0.2, 0.25) is 0 Å². The van der Waals surface area contributed by atoms with E-state index in [4.69, 9.17) is 14.2 Å². The number of hydrogen-bond donors (Lipinski definition) is 0. The molecular formula is C41H49NO4. The molecule has 0 radical (unpaired) electrons. The fourth-order valence-corrected chi connectivity index (χ4v) is 5.32. The maximum Gasteiger partial charge on any atom is 0.246 e. The van der Waals surface area contributed by atoms with E-state index in [0.717, 1.165) is 39.1 Å². The number of aryl methyl sites for hydroxylation is 3. The minimum absolute atomic E-state index is 0.0468. The van der Waals surface area contributed by atoms with Gasteiger partial charge in [0.15, 0.2) is 11.5 Å². The number of ether oxygens (including phenoxy) is 3. The second-order valence-electron chi connectivity index (χ2n) is 12.9. The molecule has 4 aromatic carbocycles. The summed E-state index contributed by atoms with van der Waals surface area (Å²) >= 11 is 0. The molecule has 0 bridgehead atoms. The van der Waals surface area contributed by atoms with E-state index >= 15 is 0 Å². The van der Waals surface area contributed by atoms with Crippen molar-refractivity contribution in [2.24, 2.45) is 0 Å². The lowest BCUT2D eigenvalue weighted by Gasteiger charge is -2.21. The Bertz CT molecular complexity index is 1610. The number of carbonyl (C=O) groups is 1. The van der Waals surface area contributed by atoms with Gasteiger partial charge in [0, 0.05) is 19.2 Å². The Morgan fingerprint density at radius 3 is 1.91 bits per heavy atom. The molecular weight excluding hydrogens is 570 g/mol. The molecule has 0 atom stereocenters. The van der Waals surface area contributed by atoms with E-state index in [1.54, 1.807) is 6.08 Å². The van der Waals surface area contributed by atoms with Gasteiger partial charge in [-0.1, -0.05) is 93.1 Å². The molecule has 0 aliphatic carbocycles. The molecule has 0 saturated heterocycles. The summed E-state index contributed by atoms with van der Waals surface area (Å²) in [6, 6.07) is 26.9. The Hall–Kier alpha value is -4.51. The third kappa shape index (κ3) is 9.50. The second-order valence-corrected chi connectivity index (χ2v) is 12.9. The van der Waals surface area contributed by atoms with Crippen LogP contribution in [0.1, 0.15) is 79.1 Å². The predicted octanol–water partition coefficient (Wildman–Crippen LogP) is 9.53. The van der Waals surface area contributed by atoms with Crippen molar-refractivity contribution < 1.29 is 19.0 Å². The van der Waals surface area contributed by atoms with Crippen molar-refractivity contribution in [1.82, 2.24) is 4.90 Å². The van der Waals surface area contributed by atoms with Crippen LogP contribution in [0.3, 0.4) is 0 Å². The van der Waals surface area contributed by atoms with E-state index in [1.165, 1.54) is 11.1 Å². The molecule has 0 unspecified atom stereocenters. The number of benzene rings is 4. The molecule has 0 N–H and O–H groups in total. The summed E-state index contributed by atoms with van der Waals surface area (Å²) in [6.45, 7) is 19.4. The van der Waals surface area contributed by atoms with Gasteiger partial charge in [0.05, 0.1) is 6.61 Å². The van der Waals surface area contributed by atoms with Gasteiger partial charge in [-0.3, -0.25) is 4.79 Å². The molecule has 0 aromatic heterocycles. The molecule has 5 nitrogen and oxygen atoms in total. The summed E-state index contributed by atoms with van der Waals surface area (Å²) < 4.78 is 18.2. The first-order valence-electron chi connectivity index (χ1n) is 16.2. The van der Waals surface area contributed by atoms with Crippen LogP contribution in [-0.4, -0.2) is 24.0 Å². The number of rotatable bonds is 13. The fraction of sp³-hybridized carbons (Fsp3) is 0.341. The van der Waals surface area contributed by atoms with Crippen molar-refractivity contribution in [2.45, 2.75) is 80.6 Å². The first-order chi connectivity index (χ1) is 22.0. The smallest absolute Gasteiger partial charge is 0.246 e. The zero-order valence-corrected chi connectivity index (χ0v) is 28.8. The standard InChI is InChI=1S/C41H49NO4/c1-9-42(26-35-23-30(4)40(31(5)24-35)46-28-33-13-11-29(3)12-14-33)39(43)22-18-32-17-21-37(38(25-32)44-10-2)45-27-34-15-19-36(20-16-34)41(6,7)8/h11-25H,9-10,26-28H2,1-8H3/b22-18+. The molecule has 0 saturated carbocycles. The van der Waals surface area contributed by atoms with Crippen molar-refractivity contribution >= 4 is 12.0 Å². The minimum atomic E-state index is -0.0468. The van der Waals surface area contributed by atoms with Crippen molar-refractivity contribution in [1.29, 1.82) is 0 Å². The SMILES string of the molecule is CCOc1cc(/C=C/C(=O)N(CC)Cc2cc(C)c(OCc3ccc(C)cc3)c(C)c2)ccc1OCc1ccc(C(C)(C)C)cc1. The summed E-state index contributed by atoms with van der Waals surface area (Å²) in [7, 11) is 0. The van der Waals surface area contributed by atoms with E-state index in [0.29, 0.717) is 44.4 Å². The van der Waals surface area contributed by atoms with Crippen molar-refractivity contribution in [2.75, 3.05) is 13.2 Å². The summed E-state index contributed by atoms with van der Waals surface area (Å²) in [4.78, 5) is 15.1. The number of hydrogen-bond acceptors (Lipinski definition) is 4. The maximum absolute atomic E-state index is 13.3. The van der Waals surface area contributed by atoms with Crippen LogP contribution in [0.5, 0.6) is 17.2 Å². The van der Waals surface area contributed by atoms with Crippen LogP contribution in [0.4, 0.5) is 0 Å². The largest absolute Gasteiger partial charge is 0.490 e. The third-order valence-corrected chi connectivity index (χ3v) is 7.99. The second kappa shape index (κ2) is 15.7. The Morgan fingerprint density at radius 2 is 1.33 bits per heavy atom. The quantitative estimate of drug-likeness (QED) is 0.140. The molecule has 1 amide bonds. The monoisotopic (exact) mass is 619 g/mol. The summed E-state index contributed by atoms with van der Waals surface area (Å²) in [5.41, 5.74) is 8.95. The van der Waals surface area contributed by atoms with Crippen LogP contribution < -0.4 is 14.2 Å². The minimum Gasteiger partial charge on any atom is -0.490 e. The van der Waals surface area contributed by atoms with Crippen LogP contribution in [0, 0.1) is 20.8 Å². The third-order valence-electron chi connectivity index (χ3n) is 7.99. The van der Waals surface area contributed by atoms with Crippen LogP contribution >= 0.6 is 0 Å². The maximum atomic E-state index is 13.3. The summed E-state index contributed by atoms with van der Waals surface area (Å²) in [5, 5.41) is 0. The van der Waals surface area contributed by atoms with E-state index < -0.39 is 0 Å². The van der Waals surface area contributed by atoms with E-state index in [1.807, 2.05) is 43.0 Å². The molecule has 0 aliphatic heterocycles. The molecule has 5 heteroatoms. The Labute approximate surface area is 275 Å². The first-order valence-corrected chi connectivity index (χ1v) is 16.2. The normalized spacial score (nSPS) is 11.5. The molecule has 4 aromatic rings. The van der Waals surface area contributed by atoms with E-state index in [-0.39, 0.29) is 11.3 Å². The van der Waals surface area contributed by atoms with E-state index in [9.17, 15) is 4.79 Å². The Kier molecular flexibility index (Phi) is 11.7. The van der Waals surface area contributed by atoms with Crippen molar-refractivity contribution in [3.05, 3.63) is 129 Å². The summed E-state index contributed by atoms with van der Waals surface area (Å²) in [6.07, 6.45) is 3.46. The number of likely N-dealkylation sites (N-methyl/N-ethyl adjacent to an activating group) is 1. The topological polar surface area (TPSA) is 48.0 Å². The zero-order chi connectivity index (χ0) is 33.3. The van der Waals surface area contributed by atoms with Gasteiger partial charge in [-0.2, -0.15) is 0 Å². The molecule has 46 heavy (non-hydrogen) atoms. The lowest BCUT2D eigenvalue weighted by molar-refractivity contribution is -0.126. The molecule has 4 rings (SSSR count). The zero-order valence-electron chi connectivity index (χ0n) is 28.8. The molecule has 242 valence electrons. The van der Waals surface area contributed by atoms with Gasteiger partial charge < -0.3 is 19.1 Å². The Balaban J connectivity index is 1.38. The highest BCUT2D eigenvalue weighted by Gasteiger charge is 2.15. The average Bonchev–Trinajstić information content (AvgIpc) is 3.02. The number of amides is 1. The lowest BCUT2D eigenvalue weighted by atomic mass is 9.87. The van der Waals surface area contributed by atoms with Gasteiger partial charge in [0.1, 0.15) is 19.0 Å². The fourth-order valence-electron chi connectivity index (χ4n) is 5.32. The van der Waals surface area contributed by atoms with Gasteiger partial charge in [-0.25, -0.2) is 0 Å². The average molecular weight is 620 g/mol. The van der Waals surface area contributed by atoms with Gasteiger partial charge in [0.2, 0.25) is 5.91 Å². The molecule has 0 fully saturated rings. The van der Waals surface area contributed by atoms with E-state index in [2.05, 4.69) is 102 Å². The molecule has 0 aliphatic rings. The Morgan fingerprint density at radius 1 is 0.717 bits per heavy atom. The van der Waals surface area contributed by atoms with Crippen LogP contribution in [0.15, 0.2) is 84.9 Å². The van der Waals surface area contributed by atoms with Gasteiger partial charge in [-0.05, 0) is 97.2 Å².